The number of methoxy groups -OCH3 is 2. The maximum absolute atomic E-state index is 13.7. The van der Waals surface area contributed by atoms with Gasteiger partial charge in [-0.1, -0.05) is 12.1 Å². The summed E-state index contributed by atoms with van der Waals surface area (Å²) in [5, 5.41) is 0. The number of para-hydroxylation sites is 2. The molecule has 1 aliphatic rings. The van der Waals surface area contributed by atoms with Crippen molar-refractivity contribution < 1.29 is 33.0 Å². The number of esters is 1. The molecule has 0 aliphatic carbocycles. The maximum Gasteiger partial charge on any atom is 0.311 e. The summed E-state index contributed by atoms with van der Waals surface area (Å²) in [6, 6.07) is 10.7. The van der Waals surface area contributed by atoms with Crippen LogP contribution in [0.15, 0.2) is 42.5 Å². The number of rotatable bonds is 7. The fourth-order valence-electron chi connectivity index (χ4n) is 3.13. The lowest BCUT2D eigenvalue weighted by molar-refractivity contribution is -0.147. The van der Waals surface area contributed by atoms with E-state index in [1.54, 1.807) is 24.3 Å². The summed E-state index contributed by atoms with van der Waals surface area (Å²) in [7, 11) is 2.82. The molecule has 0 N–H and O–H groups in total. The van der Waals surface area contributed by atoms with Gasteiger partial charge in [0.05, 0.1) is 25.8 Å². The minimum Gasteiger partial charge on any atom is -0.495 e. The fourth-order valence-corrected chi connectivity index (χ4v) is 3.13. The number of hydrogen-bond donors (Lipinski definition) is 0. The molecule has 2 aromatic rings. The Balaban J connectivity index is 1.61. The van der Waals surface area contributed by atoms with E-state index in [0.29, 0.717) is 11.4 Å². The Morgan fingerprint density at radius 1 is 1.10 bits per heavy atom. The van der Waals surface area contributed by atoms with Crippen LogP contribution in [0, 0.1) is 11.7 Å². The third-order valence-electron chi connectivity index (χ3n) is 4.65. The Kier molecular flexibility index (Phi) is 6.11. The molecule has 0 saturated carbocycles. The second-order valence-electron chi connectivity index (χ2n) is 6.46. The van der Waals surface area contributed by atoms with Crippen molar-refractivity contribution in [2.75, 3.05) is 32.3 Å². The predicted octanol–water partition coefficient (Wildman–Crippen LogP) is 2.62. The number of anilines is 1. The number of amides is 1. The average molecular weight is 401 g/mol. The molecule has 7 nitrogen and oxygen atoms in total. The number of ether oxygens (including phenoxy) is 3. The minimum absolute atomic E-state index is 0.0134. The molecule has 1 aliphatic heterocycles. The second-order valence-corrected chi connectivity index (χ2v) is 6.46. The van der Waals surface area contributed by atoms with Crippen molar-refractivity contribution in [1.29, 1.82) is 0 Å². The summed E-state index contributed by atoms with van der Waals surface area (Å²) in [4.78, 5) is 38.3. The molecule has 0 unspecified atom stereocenters. The first-order valence-corrected chi connectivity index (χ1v) is 8.91. The van der Waals surface area contributed by atoms with Crippen LogP contribution in [0.1, 0.15) is 16.8 Å². The Bertz CT molecular complexity index is 945. The quantitative estimate of drug-likeness (QED) is 0.524. The number of ketones is 1. The highest BCUT2D eigenvalue weighted by molar-refractivity contribution is 6.01. The number of halogens is 1. The van der Waals surface area contributed by atoms with Gasteiger partial charge >= 0.3 is 5.97 Å². The Morgan fingerprint density at radius 3 is 2.52 bits per heavy atom. The van der Waals surface area contributed by atoms with Crippen molar-refractivity contribution in [3.63, 3.8) is 0 Å². The standard InChI is InChI=1S/C21H20FNO6/c1-27-18-8-7-13(9-15(18)22)17(24)12-29-21(26)14-10-20(25)23(11-14)16-5-3-4-6-19(16)28-2/h3-9,14H,10-12H2,1-2H3/t14-/m1/s1. The summed E-state index contributed by atoms with van der Waals surface area (Å²) >= 11 is 0. The molecule has 0 aromatic heterocycles. The van der Waals surface area contributed by atoms with Crippen molar-refractivity contribution in [2.24, 2.45) is 5.92 Å². The lowest BCUT2D eigenvalue weighted by Gasteiger charge is -2.19. The zero-order chi connectivity index (χ0) is 21.0. The minimum atomic E-state index is -0.701. The Morgan fingerprint density at radius 2 is 1.83 bits per heavy atom. The van der Waals surface area contributed by atoms with Crippen LogP contribution in [0.2, 0.25) is 0 Å². The van der Waals surface area contributed by atoms with Crippen molar-refractivity contribution in [3.05, 3.63) is 53.8 Å². The molecule has 0 bridgehead atoms. The van der Waals surface area contributed by atoms with E-state index in [0.717, 1.165) is 6.07 Å². The molecular formula is C21H20FNO6. The van der Waals surface area contributed by atoms with E-state index in [9.17, 15) is 18.8 Å². The first-order chi connectivity index (χ1) is 13.9. The third kappa shape index (κ3) is 4.37. The number of benzene rings is 2. The molecular weight excluding hydrogens is 381 g/mol. The smallest absolute Gasteiger partial charge is 0.311 e. The van der Waals surface area contributed by atoms with Crippen LogP contribution in [-0.2, 0) is 14.3 Å². The van der Waals surface area contributed by atoms with E-state index >= 15 is 0 Å². The predicted molar refractivity (Wildman–Crippen MR) is 102 cm³/mol. The van der Waals surface area contributed by atoms with Crippen LogP contribution in [0.5, 0.6) is 11.5 Å². The molecule has 1 saturated heterocycles. The van der Waals surface area contributed by atoms with Crippen LogP contribution >= 0.6 is 0 Å². The number of Topliss-reactive ketones (excluding diaryl/α,β-unsaturated/α-hetero) is 1. The van der Waals surface area contributed by atoms with Crippen molar-refractivity contribution in [1.82, 2.24) is 0 Å². The van der Waals surface area contributed by atoms with Gasteiger partial charge in [-0.15, -0.1) is 0 Å². The fraction of sp³-hybridized carbons (Fsp3) is 0.286. The van der Waals surface area contributed by atoms with Gasteiger partial charge in [-0.3, -0.25) is 14.4 Å². The summed E-state index contributed by atoms with van der Waals surface area (Å²) in [5.41, 5.74) is 0.634. The number of carbonyl (C=O) groups excluding carboxylic acids is 3. The second kappa shape index (κ2) is 8.72. The molecule has 152 valence electrons. The molecule has 1 atom stereocenters. The van der Waals surface area contributed by atoms with Gasteiger partial charge in [0.15, 0.2) is 24.0 Å². The number of hydrogen-bond acceptors (Lipinski definition) is 6. The van der Waals surface area contributed by atoms with Gasteiger partial charge in [0.25, 0.3) is 0 Å². The molecule has 0 radical (unpaired) electrons. The Labute approximate surface area is 167 Å². The van der Waals surface area contributed by atoms with Crippen LogP contribution < -0.4 is 14.4 Å². The first-order valence-electron chi connectivity index (χ1n) is 8.91. The summed E-state index contributed by atoms with van der Waals surface area (Å²) in [6.07, 6.45) is -0.0256. The van der Waals surface area contributed by atoms with Crippen LogP contribution in [0.4, 0.5) is 10.1 Å². The van der Waals surface area contributed by atoms with Gasteiger partial charge in [-0.05, 0) is 30.3 Å². The summed E-state index contributed by atoms with van der Waals surface area (Å²) in [5.74, 6) is -2.29. The normalized spacial score (nSPS) is 15.9. The first kappa shape index (κ1) is 20.3. The van der Waals surface area contributed by atoms with Gasteiger partial charge < -0.3 is 19.1 Å². The zero-order valence-corrected chi connectivity index (χ0v) is 16.0. The van der Waals surface area contributed by atoms with Gasteiger partial charge in [0.2, 0.25) is 5.91 Å². The molecule has 0 spiro atoms. The lowest BCUT2D eigenvalue weighted by Crippen LogP contribution is -2.27. The van der Waals surface area contributed by atoms with Gasteiger partial charge in [0, 0.05) is 18.5 Å². The average Bonchev–Trinajstić information content (AvgIpc) is 3.13. The zero-order valence-electron chi connectivity index (χ0n) is 16.0. The number of carbonyl (C=O) groups is 3. The van der Waals surface area contributed by atoms with Gasteiger partial charge in [-0.25, -0.2) is 4.39 Å². The highest BCUT2D eigenvalue weighted by Crippen LogP contribution is 2.33. The van der Waals surface area contributed by atoms with Crippen molar-refractivity contribution in [2.45, 2.75) is 6.42 Å². The molecule has 1 heterocycles. The molecule has 2 aromatic carbocycles. The van der Waals surface area contributed by atoms with E-state index in [1.165, 1.54) is 31.3 Å². The monoisotopic (exact) mass is 401 g/mol. The third-order valence-corrected chi connectivity index (χ3v) is 4.65. The molecule has 1 amide bonds. The molecule has 8 heteroatoms. The van der Waals surface area contributed by atoms with Crippen LogP contribution in [0.25, 0.3) is 0 Å². The largest absolute Gasteiger partial charge is 0.495 e. The Hall–Kier alpha value is -3.42. The lowest BCUT2D eigenvalue weighted by atomic mass is 10.1. The molecule has 29 heavy (non-hydrogen) atoms. The maximum atomic E-state index is 13.7. The van der Waals surface area contributed by atoms with Crippen LogP contribution in [-0.4, -0.2) is 45.0 Å². The van der Waals surface area contributed by atoms with E-state index in [2.05, 4.69) is 0 Å². The summed E-state index contributed by atoms with van der Waals surface area (Å²) < 4.78 is 28.9. The van der Waals surface area contributed by atoms with Crippen molar-refractivity contribution >= 4 is 23.3 Å². The highest BCUT2D eigenvalue weighted by atomic mass is 19.1. The van der Waals surface area contributed by atoms with Crippen LogP contribution in [0.3, 0.4) is 0 Å². The van der Waals surface area contributed by atoms with Gasteiger partial charge in [-0.2, -0.15) is 0 Å². The summed E-state index contributed by atoms with van der Waals surface area (Å²) in [6.45, 7) is -0.409. The van der Waals surface area contributed by atoms with E-state index < -0.39 is 30.1 Å². The number of nitrogens with zero attached hydrogens (tertiary/aromatic N) is 1. The van der Waals surface area contributed by atoms with Crippen molar-refractivity contribution in [3.8, 4) is 11.5 Å². The SMILES string of the molecule is COc1ccc(C(=O)COC(=O)[C@@H]2CC(=O)N(c3ccccc3OC)C2)cc1F. The topological polar surface area (TPSA) is 82.1 Å². The molecule has 1 fully saturated rings. The van der Waals surface area contributed by atoms with Gasteiger partial charge in [0.1, 0.15) is 5.75 Å². The van der Waals surface area contributed by atoms with E-state index in [1.807, 2.05) is 0 Å². The van der Waals surface area contributed by atoms with E-state index in [4.69, 9.17) is 14.2 Å². The highest BCUT2D eigenvalue weighted by Gasteiger charge is 2.37. The molecule has 3 rings (SSSR count). The van der Waals surface area contributed by atoms with E-state index in [-0.39, 0.29) is 30.2 Å².